The number of hydrogen-bond donors (Lipinski definition) is 1. The van der Waals surface area contributed by atoms with Crippen LogP contribution in [-0.4, -0.2) is 24.5 Å². The molecule has 0 spiro atoms. The van der Waals surface area contributed by atoms with Crippen molar-refractivity contribution in [3.05, 3.63) is 64.8 Å². The zero-order valence-electron chi connectivity index (χ0n) is 13.4. The summed E-state index contributed by atoms with van der Waals surface area (Å²) in [6, 6.07) is 8.95. The number of halogens is 2. The van der Waals surface area contributed by atoms with Gasteiger partial charge in [-0.2, -0.15) is 4.98 Å². The van der Waals surface area contributed by atoms with Gasteiger partial charge in [0.05, 0.1) is 10.6 Å². The first-order chi connectivity index (χ1) is 12.7. The minimum atomic E-state index is -4.09. The zero-order valence-corrected chi connectivity index (χ0v) is 15.0. The minimum absolute atomic E-state index is 0.00306. The van der Waals surface area contributed by atoms with Crippen LogP contribution in [0.5, 0.6) is 0 Å². The van der Waals surface area contributed by atoms with Gasteiger partial charge < -0.3 is 9.26 Å². The lowest BCUT2D eigenvalue weighted by Gasteiger charge is -2.05. The summed E-state index contributed by atoms with van der Waals surface area (Å²) in [4.78, 5) is 15.7. The van der Waals surface area contributed by atoms with Crippen molar-refractivity contribution in [2.75, 3.05) is 0 Å². The van der Waals surface area contributed by atoms with Gasteiger partial charge in [0.2, 0.25) is 15.8 Å². The molecule has 0 saturated carbocycles. The molecule has 1 aromatic heterocycles. The van der Waals surface area contributed by atoms with Crippen molar-refractivity contribution in [2.24, 2.45) is 5.14 Å². The number of benzene rings is 2. The van der Waals surface area contributed by atoms with Crippen molar-refractivity contribution in [2.45, 2.75) is 11.5 Å². The lowest BCUT2D eigenvalue weighted by molar-refractivity contribution is 0.0429. The normalized spacial score (nSPS) is 11.4. The Morgan fingerprint density at radius 2 is 1.93 bits per heavy atom. The second kappa shape index (κ2) is 7.43. The molecule has 0 radical (unpaired) electrons. The third-order valence-corrected chi connectivity index (χ3v) is 4.76. The predicted molar refractivity (Wildman–Crippen MR) is 91.6 cm³/mol. The molecule has 3 rings (SSSR count). The SMILES string of the molecule is NS(=O)(=O)c1cc(C(=O)OCc2nc(-c3ccc(F)cc3)no2)ccc1Cl. The van der Waals surface area contributed by atoms with Crippen LogP contribution in [0, 0.1) is 5.82 Å². The summed E-state index contributed by atoms with van der Waals surface area (Å²) in [6.07, 6.45) is 0. The molecule has 140 valence electrons. The van der Waals surface area contributed by atoms with Crippen molar-refractivity contribution in [3.8, 4) is 11.4 Å². The molecule has 0 atom stereocenters. The van der Waals surface area contributed by atoms with Gasteiger partial charge in [0.1, 0.15) is 10.7 Å². The van der Waals surface area contributed by atoms with Crippen LogP contribution in [0.25, 0.3) is 11.4 Å². The Kier molecular flexibility index (Phi) is 5.22. The fourth-order valence-corrected chi connectivity index (χ4v) is 3.16. The van der Waals surface area contributed by atoms with Gasteiger partial charge in [-0.15, -0.1) is 0 Å². The van der Waals surface area contributed by atoms with E-state index < -0.39 is 26.7 Å². The molecule has 1 heterocycles. The molecular weight excluding hydrogens is 401 g/mol. The van der Waals surface area contributed by atoms with Gasteiger partial charge >= 0.3 is 5.97 Å². The number of sulfonamides is 1. The third kappa shape index (κ3) is 4.48. The number of primary sulfonamides is 1. The van der Waals surface area contributed by atoms with Crippen LogP contribution in [0.4, 0.5) is 4.39 Å². The molecule has 8 nitrogen and oxygen atoms in total. The number of carbonyl (C=O) groups is 1. The second-order valence-electron chi connectivity index (χ2n) is 5.28. The van der Waals surface area contributed by atoms with Crippen LogP contribution in [0.2, 0.25) is 5.02 Å². The number of aromatic nitrogens is 2. The summed E-state index contributed by atoms with van der Waals surface area (Å²) in [5, 5.41) is 8.63. The van der Waals surface area contributed by atoms with Gasteiger partial charge in [-0.05, 0) is 42.5 Å². The number of nitrogens with zero attached hydrogens (tertiary/aromatic N) is 2. The number of esters is 1. The topological polar surface area (TPSA) is 125 Å². The van der Waals surface area contributed by atoms with Crippen molar-refractivity contribution >= 4 is 27.6 Å². The molecule has 0 amide bonds. The predicted octanol–water partition coefficient (Wildman–Crippen LogP) is 2.53. The van der Waals surface area contributed by atoms with E-state index in [0.717, 1.165) is 6.07 Å². The number of ether oxygens (including phenoxy) is 1. The highest BCUT2D eigenvalue weighted by Gasteiger charge is 2.18. The van der Waals surface area contributed by atoms with E-state index >= 15 is 0 Å². The van der Waals surface area contributed by atoms with E-state index in [1.807, 2.05) is 0 Å². The van der Waals surface area contributed by atoms with E-state index in [4.69, 9.17) is 26.0 Å². The molecule has 11 heteroatoms. The summed E-state index contributed by atoms with van der Waals surface area (Å²) in [5.41, 5.74) is 0.454. The van der Waals surface area contributed by atoms with Gasteiger partial charge in [-0.25, -0.2) is 22.7 Å². The highest BCUT2D eigenvalue weighted by molar-refractivity contribution is 7.89. The van der Waals surface area contributed by atoms with Crippen molar-refractivity contribution < 1.29 is 26.9 Å². The minimum Gasteiger partial charge on any atom is -0.452 e. The monoisotopic (exact) mass is 411 g/mol. The first-order valence-electron chi connectivity index (χ1n) is 7.32. The zero-order chi connectivity index (χ0) is 19.6. The number of nitrogens with two attached hydrogens (primary N) is 1. The molecular formula is C16H11ClFN3O5S. The van der Waals surface area contributed by atoms with E-state index in [1.165, 1.54) is 36.4 Å². The maximum atomic E-state index is 12.9. The summed E-state index contributed by atoms with van der Waals surface area (Å²) >= 11 is 5.76. The first kappa shape index (κ1) is 19.0. The summed E-state index contributed by atoms with van der Waals surface area (Å²) in [7, 11) is -4.09. The molecule has 0 fully saturated rings. The standard InChI is InChI=1S/C16H11ClFN3O5S/c17-12-6-3-10(7-13(12)27(19,23)24)16(22)25-8-14-20-15(21-26-14)9-1-4-11(18)5-2-9/h1-7H,8H2,(H2,19,23,24). The van der Waals surface area contributed by atoms with Crippen LogP contribution in [0.15, 0.2) is 51.9 Å². The lowest BCUT2D eigenvalue weighted by atomic mass is 10.2. The molecule has 0 aliphatic carbocycles. The van der Waals surface area contributed by atoms with E-state index in [-0.39, 0.29) is 28.9 Å². The number of hydrogen-bond acceptors (Lipinski definition) is 7. The quantitative estimate of drug-likeness (QED) is 0.639. The van der Waals surface area contributed by atoms with Gasteiger partial charge in [0.15, 0.2) is 6.61 Å². The third-order valence-electron chi connectivity index (χ3n) is 3.37. The van der Waals surface area contributed by atoms with Crippen LogP contribution in [0.1, 0.15) is 16.2 Å². The molecule has 2 aromatic carbocycles. The Morgan fingerprint density at radius 3 is 2.59 bits per heavy atom. The largest absolute Gasteiger partial charge is 0.452 e. The van der Waals surface area contributed by atoms with Crippen molar-refractivity contribution in [3.63, 3.8) is 0 Å². The fraction of sp³-hybridized carbons (Fsp3) is 0.0625. The van der Waals surface area contributed by atoms with E-state index in [9.17, 15) is 17.6 Å². The van der Waals surface area contributed by atoms with Gasteiger partial charge in [0, 0.05) is 5.56 Å². The van der Waals surface area contributed by atoms with E-state index in [2.05, 4.69) is 10.1 Å². The van der Waals surface area contributed by atoms with Gasteiger partial charge in [0.25, 0.3) is 5.89 Å². The van der Waals surface area contributed by atoms with Crippen LogP contribution in [-0.2, 0) is 21.4 Å². The van der Waals surface area contributed by atoms with Crippen LogP contribution in [0.3, 0.4) is 0 Å². The van der Waals surface area contributed by atoms with Gasteiger partial charge in [-0.3, -0.25) is 0 Å². The molecule has 2 N–H and O–H groups in total. The van der Waals surface area contributed by atoms with E-state index in [0.29, 0.717) is 5.56 Å². The van der Waals surface area contributed by atoms with Crippen LogP contribution < -0.4 is 5.14 Å². The molecule has 0 aliphatic rings. The maximum Gasteiger partial charge on any atom is 0.338 e. The highest BCUT2D eigenvalue weighted by Crippen LogP contribution is 2.22. The Morgan fingerprint density at radius 1 is 1.22 bits per heavy atom. The summed E-state index contributed by atoms with van der Waals surface area (Å²) < 4.78 is 45.8. The van der Waals surface area contributed by atoms with Crippen molar-refractivity contribution in [1.29, 1.82) is 0 Å². The smallest absolute Gasteiger partial charge is 0.338 e. The lowest BCUT2D eigenvalue weighted by Crippen LogP contribution is -2.14. The molecule has 0 saturated heterocycles. The first-order valence-corrected chi connectivity index (χ1v) is 9.24. The number of rotatable bonds is 5. The molecule has 0 aliphatic heterocycles. The molecule has 0 unspecified atom stereocenters. The second-order valence-corrected chi connectivity index (χ2v) is 7.22. The molecule has 0 bridgehead atoms. The Labute approximate surface area is 157 Å². The number of carbonyl (C=O) groups excluding carboxylic acids is 1. The molecule has 27 heavy (non-hydrogen) atoms. The van der Waals surface area contributed by atoms with E-state index in [1.54, 1.807) is 0 Å². The van der Waals surface area contributed by atoms with Crippen molar-refractivity contribution in [1.82, 2.24) is 10.1 Å². The average molecular weight is 412 g/mol. The Bertz CT molecular complexity index is 1100. The Balaban J connectivity index is 1.71. The summed E-state index contributed by atoms with van der Waals surface area (Å²) in [5.74, 6) is -1.04. The molecule has 3 aromatic rings. The highest BCUT2D eigenvalue weighted by atomic mass is 35.5. The maximum absolute atomic E-state index is 12.9. The summed E-state index contributed by atoms with van der Waals surface area (Å²) in [6.45, 7) is -0.347. The Hall–Kier alpha value is -2.82. The van der Waals surface area contributed by atoms with Crippen LogP contribution >= 0.6 is 11.6 Å². The van der Waals surface area contributed by atoms with Gasteiger partial charge in [-0.1, -0.05) is 16.8 Å². The fourth-order valence-electron chi connectivity index (χ4n) is 2.09. The average Bonchev–Trinajstić information content (AvgIpc) is 3.08.